The van der Waals surface area contributed by atoms with Crippen molar-refractivity contribution in [2.24, 2.45) is 0 Å². The number of benzene rings is 3. The van der Waals surface area contributed by atoms with Gasteiger partial charge in [-0.2, -0.15) is 0 Å². The van der Waals surface area contributed by atoms with E-state index in [1.165, 1.54) is 6.42 Å². The van der Waals surface area contributed by atoms with Crippen molar-refractivity contribution >= 4 is 39.3 Å². The van der Waals surface area contributed by atoms with Gasteiger partial charge in [-0.15, -0.1) is 0 Å². The van der Waals surface area contributed by atoms with Crippen molar-refractivity contribution in [1.29, 1.82) is 0 Å². The zero-order chi connectivity index (χ0) is 26.0. The molecule has 4 rings (SSSR count). The summed E-state index contributed by atoms with van der Waals surface area (Å²) in [5.41, 5.74) is 1.94. The van der Waals surface area contributed by atoms with Gasteiger partial charge in [-0.1, -0.05) is 107 Å². The summed E-state index contributed by atoms with van der Waals surface area (Å²) in [6.45, 7) is 0.0723. The van der Waals surface area contributed by atoms with Crippen LogP contribution in [0.2, 0.25) is 5.02 Å². The molecule has 0 bridgehead atoms. The molecule has 194 valence electrons. The van der Waals surface area contributed by atoms with Gasteiger partial charge < -0.3 is 15.0 Å². The number of rotatable bonds is 10. The summed E-state index contributed by atoms with van der Waals surface area (Å²) < 4.78 is 6.65. The van der Waals surface area contributed by atoms with Crippen LogP contribution in [0.15, 0.2) is 83.3 Å². The van der Waals surface area contributed by atoms with Crippen LogP contribution in [0.4, 0.5) is 0 Å². The largest absolute Gasteiger partial charge is 0.482 e. The maximum atomic E-state index is 13.7. The number of amides is 2. The van der Waals surface area contributed by atoms with Gasteiger partial charge in [-0.3, -0.25) is 9.59 Å². The molecule has 1 atom stereocenters. The van der Waals surface area contributed by atoms with Crippen molar-refractivity contribution in [3.8, 4) is 5.75 Å². The Balaban J connectivity index is 1.60. The first-order chi connectivity index (χ1) is 18.0. The maximum Gasteiger partial charge on any atom is 0.261 e. The zero-order valence-electron chi connectivity index (χ0n) is 20.7. The fraction of sp³-hybridized carbons (Fsp3) is 0.333. The molecule has 1 aliphatic rings. The molecule has 0 radical (unpaired) electrons. The van der Waals surface area contributed by atoms with Crippen LogP contribution in [0.3, 0.4) is 0 Å². The second-order valence-electron chi connectivity index (χ2n) is 9.42. The van der Waals surface area contributed by atoms with Crippen LogP contribution in [0.5, 0.6) is 5.75 Å². The van der Waals surface area contributed by atoms with E-state index in [0.717, 1.165) is 41.3 Å². The quantitative estimate of drug-likeness (QED) is 0.294. The molecular formula is C30H32BrClN2O3. The fourth-order valence-corrected chi connectivity index (χ4v) is 5.42. The van der Waals surface area contributed by atoms with Gasteiger partial charge in [0.2, 0.25) is 5.91 Å². The summed E-state index contributed by atoms with van der Waals surface area (Å²) in [7, 11) is 0. The Kier molecular flexibility index (Phi) is 10.0. The molecule has 5 nitrogen and oxygen atoms in total. The Hall–Kier alpha value is -2.83. The lowest BCUT2D eigenvalue weighted by Crippen LogP contribution is -2.53. The Morgan fingerprint density at radius 1 is 0.946 bits per heavy atom. The average molecular weight is 584 g/mol. The van der Waals surface area contributed by atoms with E-state index in [0.29, 0.717) is 23.7 Å². The third kappa shape index (κ3) is 8.08. The number of carbonyl (C=O) groups is 2. The predicted octanol–water partition coefficient (Wildman–Crippen LogP) is 6.57. The van der Waals surface area contributed by atoms with Gasteiger partial charge in [0, 0.05) is 23.5 Å². The monoisotopic (exact) mass is 582 g/mol. The standard InChI is InChI=1S/C30H32BrClN2O3/c31-24-16-17-28(26(32)19-24)37-21-29(35)34(20-23-12-6-2-7-13-23)27(18-22-10-4-1-5-11-22)30(36)33-25-14-8-3-9-15-25/h1-2,4-7,10-13,16-17,19,25,27H,3,8-9,14-15,18,20-21H2,(H,33,36)/t27-/m1/s1. The molecule has 0 spiro atoms. The van der Waals surface area contributed by atoms with E-state index < -0.39 is 6.04 Å². The van der Waals surface area contributed by atoms with Crippen LogP contribution in [0.1, 0.15) is 43.2 Å². The van der Waals surface area contributed by atoms with Crippen LogP contribution in [-0.2, 0) is 22.6 Å². The smallest absolute Gasteiger partial charge is 0.261 e. The highest BCUT2D eigenvalue weighted by molar-refractivity contribution is 9.10. The van der Waals surface area contributed by atoms with Crippen LogP contribution < -0.4 is 10.1 Å². The molecule has 2 amide bonds. The SMILES string of the molecule is O=C(NC1CCCCC1)[C@@H](Cc1ccccc1)N(Cc1ccccc1)C(=O)COc1ccc(Br)cc1Cl. The van der Waals surface area contributed by atoms with Crippen molar-refractivity contribution in [3.63, 3.8) is 0 Å². The summed E-state index contributed by atoms with van der Waals surface area (Å²) in [5, 5.41) is 3.66. The van der Waals surface area contributed by atoms with Crippen molar-refractivity contribution < 1.29 is 14.3 Å². The highest BCUT2D eigenvalue weighted by atomic mass is 79.9. The first kappa shape index (κ1) is 27.2. The summed E-state index contributed by atoms with van der Waals surface area (Å²) in [4.78, 5) is 29.1. The third-order valence-corrected chi connectivity index (χ3v) is 7.45. The fourth-order valence-electron chi connectivity index (χ4n) is 4.69. The number of nitrogens with one attached hydrogen (secondary N) is 1. The zero-order valence-corrected chi connectivity index (χ0v) is 23.1. The van der Waals surface area contributed by atoms with Crippen LogP contribution in [0.25, 0.3) is 0 Å². The molecule has 7 heteroatoms. The normalized spacial score (nSPS) is 14.5. The number of hydrogen-bond acceptors (Lipinski definition) is 3. The molecule has 0 aliphatic heterocycles. The highest BCUT2D eigenvalue weighted by Gasteiger charge is 2.32. The van der Waals surface area contributed by atoms with E-state index in [1.54, 1.807) is 17.0 Å². The number of hydrogen-bond donors (Lipinski definition) is 1. The number of halogens is 2. The maximum absolute atomic E-state index is 13.7. The topological polar surface area (TPSA) is 58.6 Å². The van der Waals surface area contributed by atoms with Gasteiger partial charge in [0.05, 0.1) is 5.02 Å². The van der Waals surface area contributed by atoms with Gasteiger partial charge in [-0.05, 0) is 42.2 Å². The van der Waals surface area contributed by atoms with Crippen molar-refractivity contribution in [1.82, 2.24) is 10.2 Å². The highest BCUT2D eigenvalue weighted by Crippen LogP contribution is 2.28. The minimum absolute atomic E-state index is 0.123. The number of carbonyl (C=O) groups excluding carboxylic acids is 2. The second kappa shape index (κ2) is 13.6. The van der Waals surface area contributed by atoms with Gasteiger partial charge in [0.15, 0.2) is 6.61 Å². The van der Waals surface area contributed by atoms with Gasteiger partial charge in [0.25, 0.3) is 5.91 Å². The van der Waals surface area contributed by atoms with Crippen LogP contribution in [0, 0.1) is 0 Å². The van der Waals surface area contributed by atoms with E-state index in [4.69, 9.17) is 16.3 Å². The molecule has 1 fully saturated rings. The van der Waals surface area contributed by atoms with Crippen LogP contribution in [-0.4, -0.2) is 35.4 Å². The molecule has 1 N–H and O–H groups in total. The van der Waals surface area contributed by atoms with Crippen molar-refractivity contribution in [2.45, 2.75) is 57.2 Å². The molecule has 1 aliphatic carbocycles. The average Bonchev–Trinajstić information content (AvgIpc) is 2.91. The van der Waals surface area contributed by atoms with Gasteiger partial charge in [-0.25, -0.2) is 0 Å². The second-order valence-corrected chi connectivity index (χ2v) is 10.7. The molecule has 0 aromatic heterocycles. The molecule has 1 saturated carbocycles. The Morgan fingerprint density at radius 3 is 2.24 bits per heavy atom. The first-order valence-electron chi connectivity index (χ1n) is 12.7. The lowest BCUT2D eigenvalue weighted by molar-refractivity contribution is -0.143. The Morgan fingerprint density at radius 2 is 1.59 bits per heavy atom. The molecule has 37 heavy (non-hydrogen) atoms. The van der Waals surface area contributed by atoms with E-state index in [2.05, 4.69) is 21.2 Å². The van der Waals surface area contributed by atoms with E-state index >= 15 is 0 Å². The summed E-state index contributed by atoms with van der Waals surface area (Å²) >= 11 is 9.69. The lowest BCUT2D eigenvalue weighted by atomic mass is 9.94. The molecule has 3 aromatic carbocycles. The van der Waals surface area contributed by atoms with Crippen molar-refractivity contribution in [2.75, 3.05) is 6.61 Å². The lowest BCUT2D eigenvalue weighted by Gasteiger charge is -2.33. The summed E-state index contributed by atoms with van der Waals surface area (Å²) in [6, 6.07) is 24.3. The minimum Gasteiger partial charge on any atom is -0.482 e. The molecular weight excluding hydrogens is 552 g/mol. The van der Waals surface area contributed by atoms with Crippen LogP contribution >= 0.6 is 27.5 Å². The molecule has 0 unspecified atom stereocenters. The van der Waals surface area contributed by atoms with Crippen molar-refractivity contribution in [3.05, 3.63) is 99.5 Å². The Bertz CT molecular complexity index is 1170. The first-order valence-corrected chi connectivity index (χ1v) is 13.9. The van der Waals surface area contributed by atoms with E-state index in [9.17, 15) is 9.59 Å². The summed E-state index contributed by atoms with van der Waals surface area (Å²) in [6.07, 6.45) is 5.79. The third-order valence-electron chi connectivity index (χ3n) is 6.66. The number of ether oxygens (including phenoxy) is 1. The summed E-state index contributed by atoms with van der Waals surface area (Å²) in [5.74, 6) is 0.0217. The molecule has 3 aromatic rings. The van der Waals surface area contributed by atoms with E-state index in [-0.39, 0.29) is 24.5 Å². The number of nitrogens with zero attached hydrogens (tertiary/aromatic N) is 1. The van der Waals surface area contributed by atoms with E-state index in [1.807, 2.05) is 66.7 Å². The van der Waals surface area contributed by atoms with Gasteiger partial charge >= 0.3 is 0 Å². The van der Waals surface area contributed by atoms with Gasteiger partial charge in [0.1, 0.15) is 11.8 Å². The Labute approximate surface area is 232 Å². The predicted molar refractivity (Wildman–Crippen MR) is 151 cm³/mol. The molecule has 0 saturated heterocycles. The molecule has 0 heterocycles. The minimum atomic E-state index is -0.680.